The molecule has 0 radical (unpaired) electrons. The highest BCUT2D eigenvalue weighted by Gasteiger charge is 2.45. The predicted molar refractivity (Wildman–Crippen MR) is 141 cm³/mol. The van der Waals surface area contributed by atoms with Crippen molar-refractivity contribution in [3.63, 3.8) is 0 Å². The lowest BCUT2D eigenvalue weighted by atomic mass is 9.98. The van der Waals surface area contributed by atoms with Gasteiger partial charge in [-0.15, -0.1) is 10.2 Å². The van der Waals surface area contributed by atoms with Crippen molar-refractivity contribution in [2.75, 3.05) is 11.5 Å². The Morgan fingerprint density at radius 1 is 1.08 bits per heavy atom. The maximum Gasteiger partial charge on any atom is 0.297 e. The Bertz CT molecular complexity index is 1460. The zero-order chi connectivity index (χ0) is 25.2. The summed E-state index contributed by atoms with van der Waals surface area (Å²) in [5.41, 5.74) is 1.26. The highest BCUT2D eigenvalue weighted by molar-refractivity contribution is 7.15. The van der Waals surface area contributed by atoms with Crippen LogP contribution in [-0.4, -0.2) is 22.7 Å². The predicted octanol–water partition coefficient (Wildman–Crippen LogP) is 6.16. The average Bonchev–Trinajstić information content (AvgIpc) is 3.44. The van der Waals surface area contributed by atoms with Crippen LogP contribution in [0.4, 0.5) is 5.13 Å². The van der Waals surface area contributed by atoms with Crippen molar-refractivity contribution < 1.29 is 13.9 Å². The number of rotatable bonds is 9. The van der Waals surface area contributed by atoms with Crippen LogP contribution in [0.2, 0.25) is 0 Å². The molecule has 1 aliphatic heterocycles. The fourth-order valence-corrected chi connectivity index (χ4v) is 5.60. The lowest BCUT2D eigenvalue weighted by Gasteiger charge is -2.22. The molecule has 0 bridgehead atoms. The molecule has 1 unspecified atom stereocenters. The Labute approximate surface area is 213 Å². The maximum absolute atomic E-state index is 13.7. The van der Waals surface area contributed by atoms with Gasteiger partial charge in [-0.3, -0.25) is 14.5 Å². The van der Waals surface area contributed by atoms with Gasteiger partial charge in [0.1, 0.15) is 16.3 Å². The minimum absolute atomic E-state index is 0.0542. The number of unbranched alkanes of at least 4 members (excludes halogenated alkanes) is 2. The number of hydrogen-bond acceptors (Lipinski definition) is 7. The van der Waals surface area contributed by atoms with Crippen LogP contribution in [0.25, 0.3) is 11.0 Å². The van der Waals surface area contributed by atoms with Crippen LogP contribution in [0, 0.1) is 5.92 Å². The average molecular weight is 504 g/mol. The summed E-state index contributed by atoms with van der Waals surface area (Å²) in [4.78, 5) is 29.0. The van der Waals surface area contributed by atoms with E-state index >= 15 is 0 Å². The van der Waals surface area contributed by atoms with E-state index in [-0.39, 0.29) is 17.1 Å². The van der Waals surface area contributed by atoms with E-state index in [2.05, 4.69) is 31.0 Å². The fourth-order valence-electron chi connectivity index (χ4n) is 4.52. The number of benzene rings is 2. The van der Waals surface area contributed by atoms with E-state index in [9.17, 15) is 9.59 Å². The van der Waals surface area contributed by atoms with Crippen LogP contribution in [0.15, 0.2) is 57.7 Å². The number of hydrogen-bond donors (Lipinski definition) is 0. The van der Waals surface area contributed by atoms with Gasteiger partial charge in [0.15, 0.2) is 5.43 Å². The van der Waals surface area contributed by atoms with Gasteiger partial charge in [-0.2, -0.15) is 0 Å². The number of aromatic nitrogens is 2. The SMILES string of the molecule is CCCCCOc1cccc(C2c3c(oc4ccccc4c3=O)C(=O)N2c2nnc(CC(C)C)s2)c1. The summed E-state index contributed by atoms with van der Waals surface area (Å²) in [6, 6.07) is 13.9. The molecule has 2 aromatic heterocycles. The Morgan fingerprint density at radius 3 is 2.72 bits per heavy atom. The van der Waals surface area contributed by atoms with Crippen LogP contribution in [0.5, 0.6) is 5.75 Å². The number of nitrogens with zero attached hydrogens (tertiary/aromatic N) is 3. The van der Waals surface area contributed by atoms with Gasteiger partial charge >= 0.3 is 0 Å². The summed E-state index contributed by atoms with van der Waals surface area (Å²) in [6.07, 6.45) is 3.95. The zero-order valence-corrected chi connectivity index (χ0v) is 21.5. The monoisotopic (exact) mass is 503 g/mol. The van der Waals surface area contributed by atoms with Crippen LogP contribution >= 0.6 is 11.3 Å². The van der Waals surface area contributed by atoms with Gasteiger partial charge in [0, 0.05) is 6.42 Å². The Balaban J connectivity index is 1.62. The van der Waals surface area contributed by atoms with E-state index < -0.39 is 6.04 Å². The molecule has 1 amide bonds. The van der Waals surface area contributed by atoms with Crippen molar-refractivity contribution in [3.05, 3.63) is 80.6 Å². The molecular weight excluding hydrogens is 474 g/mol. The fraction of sp³-hybridized carbons (Fsp3) is 0.357. The minimum Gasteiger partial charge on any atom is -0.494 e. The number of carbonyl (C=O) groups is 1. The second kappa shape index (κ2) is 10.2. The molecule has 2 aromatic carbocycles. The third kappa shape index (κ3) is 4.53. The van der Waals surface area contributed by atoms with Crippen LogP contribution in [-0.2, 0) is 6.42 Å². The van der Waals surface area contributed by atoms with Crippen LogP contribution in [0.3, 0.4) is 0 Å². The second-order valence-electron chi connectivity index (χ2n) is 9.45. The smallest absolute Gasteiger partial charge is 0.297 e. The minimum atomic E-state index is -0.688. The molecule has 4 aromatic rings. The highest BCUT2D eigenvalue weighted by atomic mass is 32.1. The molecular formula is C28H29N3O4S. The lowest BCUT2D eigenvalue weighted by Crippen LogP contribution is -2.29. The van der Waals surface area contributed by atoms with Crippen molar-refractivity contribution in [1.82, 2.24) is 10.2 Å². The van der Waals surface area contributed by atoms with E-state index in [0.717, 1.165) is 36.3 Å². The zero-order valence-electron chi connectivity index (χ0n) is 20.7. The first-order chi connectivity index (χ1) is 17.5. The summed E-state index contributed by atoms with van der Waals surface area (Å²) in [5, 5.41) is 10.4. The molecule has 0 fully saturated rings. The molecule has 0 saturated carbocycles. The van der Waals surface area contributed by atoms with Gasteiger partial charge in [0.05, 0.1) is 23.6 Å². The standard InChI is InChI=1S/C28H29N3O4S/c1-4-5-8-14-34-19-11-9-10-18(16-19)24-23-25(32)20-12-6-7-13-21(20)35-26(23)27(33)31(24)28-30-29-22(36-28)15-17(2)3/h6-7,9-13,16-17,24H,4-5,8,14-15H2,1-3H3. The van der Waals surface area contributed by atoms with E-state index in [4.69, 9.17) is 9.15 Å². The number of amides is 1. The first kappa shape index (κ1) is 24.2. The van der Waals surface area contributed by atoms with Crippen molar-refractivity contribution in [3.8, 4) is 5.75 Å². The highest BCUT2D eigenvalue weighted by Crippen LogP contribution is 2.42. The molecule has 186 valence electrons. The first-order valence-electron chi connectivity index (χ1n) is 12.4. The van der Waals surface area contributed by atoms with Gasteiger partial charge < -0.3 is 9.15 Å². The van der Waals surface area contributed by atoms with Gasteiger partial charge in [-0.25, -0.2) is 0 Å². The molecule has 3 heterocycles. The van der Waals surface area contributed by atoms with E-state index in [1.807, 2.05) is 24.3 Å². The van der Waals surface area contributed by atoms with Crippen LogP contribution < -0.4 is 15.1 Å². The molecule has 8 heteroatoms. The van der Waals surface area contributed by atoms with Crippen molar-refractivity contribution in [2.24, 2.45) is 5.92 Å². The molecule has 36 heavy (non-hydrogen) atoms. The molecule has 0 spiro atoms. The number of carbonyl (C=O) groups excluding carboxylic acids is 1. The van der Waals surface area contributed by atoms with E-state index in [1.165, 1.54) is 11.3 Å². The molecule has 5 rings (SSSR count). The van der Waals surface area contributed by atoms with Gasteiger partial charge in [0.2, 0.25) is 10.9 Å². The second-order valence-corrected chi connectivity index (χ2v) is 10.5. The third-order valence-electron chi connectivity index (χ3n) is 6.21. The first-order valence-corrected chi connectivity index (χ1v) is 13.2. The van der Waals surface area contributed by atoms with Crippen molar-refractivity contribution in [2.45, 2.75) is 52.5 Å². The number of fused-ring (bicyclic) bond motifs is 2. The molecule has 0 saturated heterocycles. The molecule has 1 aliphatic rings. The van der Waals surface area contributed by atoms with E-state index in [0.29, 0.717) is 39.9 Å². The summed E-state index contributed by atoms with van der Waals surface area (Å²) in [7, 11) is 0. The van der Waals surface area contributed by atoms with E-state index in [1.54, 1.807) is 29.2 Å². The quantitative estimate of drug-likeness (QED) is 0.254. The third-order valence-corrected chi connectivity index (χ3v) is 7.16. The Hall–Kier alpha value is -3.52. The lowest BCUT2D eigenvalue weighted by molar-refractivity contribution is 0.0970. The number of anilines is 1. The summed E-state index contributed by atoms with van der Waals surface area (Å²) in [6.45, 7) is 6.99. The largest absolute Gasteiger partial charge is 0.494 e. The van der Waals surface area contributed by atoms with Gasteiger partial charge in [0.25, 0.3) is 5.91 Å². The topological polar surface area (TPSA) is 85.5 Å². The maximum atomic E-state index is 13.7. The Kier molecular flexibility index (Phi) is 6.87. The molecule has 1 atom stereocenters. The number of ether oxygens (including phenoxy) is 1. The summed E-state index contributed by atoms with van der Waals surface area (Å²) in [5.74, 6) is 0.772. The van der Waals surface area contributed by atoms with Crippen molar-refractivity contribution >= 4 is 33.3 Å². The number of para-hydroxylation sites is 1. The summed E-state index contributed by atoms with van der Waals surface area (Å²) < 4.78 is 12.0. The molecule has 0 N–H and O–H groups in total. The normalized spacial score (nSPS) is 15.2. The summed E-state index contributed by atoms with van der Waals surface area (Å²) >= 11 is 1.37. The van der Waals surface area contributed by atoms with Crippen molar-refractivity contribution in [1.29, 1.82) is 0 Å². The van der Waals surface area contributed by atoms with Crippen LogP contribution in [0.1, 0.15) is 72.8 Å². The molecule has 7 nitrogen and oxygen atoms in total. The van der Waals surface area contributed by atoms with Gasteiger partial charge in [-0.05, 0) is 42.2 Å². The Morgan fingerprint density at radius 2 is 1.92 bits per heavy atom. The van der Waals surface area contributed by atoms with Gasteiger partial charge in [-0.1, -0.05) is 69.2 Å². The molecule has 0 aliphatic carbocycles.